The summed E-state index contributed by atoms with van der Waals surface area (Å²) in [6.45, 7) is 4.51. The summed E-state index contributed by atoms with van der Waals surface area (Å²) in [7, 11) is 0. The molecule has 0 aromatic rings. The third-order valence-corrected chi connectivity index (χ3v) is 6.11. The molecule has 0 bridgehead atoms. The van der Waals surface area contributed by atoms with Crippen LogP contribution in [0.15, 0.2) is 0 Å². The van der Waals surface area contributed by atoms with Crippen LogP contribution >= 0.6 is 12.6 Å². The van der Waals surface area contributed by atoms with Crippen molar-refractivity contribution in [3.05, 3.63) is 0 Å². The molecule has 2 radical (unpaired) electrons. The predicted octanol–water partition coefficient (Wildman–Crippen LogP) is 6.28. The van der Waals surface area contributed by atoms with Crippen molar-refractivity contribution in [1.29, 1.82) is 0 Å². The summed E-state index contributed by atoms with van der Waals surface area (Å²) in [4.78, 5) is 10.4. The van der Waals surface area contributed by atoms with Crippen molar-refractivity contribution in [3.8, 4) is 0 Å². The molecule has 4 heteroatoms. The molecule has 0 N–H and O–H groups in total. The molecule has 154 valence electrons. The van der Waals surface area contributed by atoms with Crippen molar-refractivity contribution in [2.45, 2.75) is 133 Å². The van der Waals surface area contributed by atoms with Gasteiger partial charge in [0.2, 0.25) is 0 Å². The molecule has 0 aromatic carbocycles. The zero-order valence-corrected chi connectivity index (χ0v) is 21.3. The quantitative estimate of drug-likeness (QED) is 0.139. The number of hydrogen-bond donors (Lipinski definition) is 1. The Morgan fingerprint density at radius 2 is 1.08 bits per heavy atom. The van der Waals surface area contributed by atoms with Gasteiger partial charge in [-0.25, -0.2) is 0 Å². The first kappa shape index (κ1) is 28.8. The maximum atomic E-state index is 10.4. The van der Waals surface area contributed by atoms with Crippen molar-refractivity contribution in [2.75, 3.05) is 0 Å². The topological polar surface area (TPSA) is 40.1 Å². The van der Waals surface area contributed by atoms with E-state index < -0.39 is 11.2 Å². The zero-order chi connectivity index (χ0) is 19.9. The van der Waals surface area contributed by atoms with E-state index in [9.17, 15) is 9.90 Å². The van der Waals surface area contributed by atoms with E-state index >= 15 is 0 Å². The van der Waals surface area contributed by atoms with Gasteiger partial charge in [0.25, 0.3) is 0 Å². The van der Waals surface area contributed by atoms with E-state index in [2.05, 4.69) is 26.5 Å². The van der Waals surface area contributed by atoms with E-state index in [0.717, 1.165) is 12.8 Å². The number of carboxylic acids is 1. The molecule has 0 fully saturated rings. The van der Waals surface area contributed by atoms with Crippen LogP contribution in [0.25, 0.3) is 0 Å². The minimum atomic E-state index is -1.04. The Kier molecular flexibility index (Phi) is 28.4. The number of rotatable bonds is 18. The third-order valence-electron chi connectivity index (χ3n) is 4.63. The van der Waals surface area contributed by atoms with Crippen LogP contribution in [-0.4, -0.2) is 33.7 Å². The summed E-state index contributed by atoms with van der Waals surface area (Å²) >= 11 is 5.66. The van der Waals surface area contributed by atoms with Crippen LogP contribution in [0, 0.1) is 0 Å². The van der Waals surface area contributed by atoms with Gasteiger partial charge >= 0.3 is 72.4 Å². The van der Waals surface area contributed by atoms with Crippen molar-refractivity contribution in [3.63, 3.8) is 0 Å². The fourth-order valence-electron chi connectivity index (χ4n) is 2.85. The fraction of sp³-hybridized carbons (Fsp3) is 0.955. The van der Waals surface area contributed by atoms with Crippen LogP contribution < -0.4 is 5.11 Å². The SMILES string of the molecule is CCCCCCCCCCCCC(S)C(=O)[O-].CCCCCCC[CH2][Sn+]. The molecule has 0 saturated heterocycles. The van der Waals surface area contributed by atoms with E-state index in [-0.39, 0.29) is 0 Å². The molecule has 0 aliphatic carbocycles. The summed E-state index contributed by atoms with van der Waals surface area (Å²) in [5.41, 5.74) is 0. The molecule has 0 amide bonds. The molecule has 1 atom stereocenters. The van der Waals surface area contributed by atoms with E-state index in [4.69, 9.17) is 0 Å². The van der Waals surface area contributed by atoms with Gasteiger partial charge in [-0.2, -0.15) is 12.6 Å². The van der Waals surface area contributed by atoms with Crippen LogP contribution in [0.3, 0.4) is 0 Å². The Balaban J connectivity index is 0. The van der Waals surface area contributed by atoms with Gasteiger partial charge in [0.1, 0.15) is 0 Å². The number of carbonyl (C=O) groups is 1. The predicted molar refractivity (Wildman–Crippen MR) is 118 cm³/mol. The van der Waals surface area contributed by atoms with Gasteiger partial charge in [-0.15, -0.1) is 0 Å². The fourth-order valence-corrected chi connectivity index (χ4v) is 3.74. The standard InChI is InChI=1S/C14H28O2S.C8H17.Sn/c1-2-3-4-5-6-7-8-9-10-11-12-13(17)14(15)16;1-3-5-7-8-6-4-2;/h13,17H,2-12H2,1H3,(H,15,16);1,3-8H2,2H3;/q;;+1/p-1. The van der Waals surface area contributed by atoms with Gasteiger partial charge < -0.3 is 9.90 Å². The van der Waals surface area contributed by atoms with Gasteiger partial charge in [-0.3, -0.25) is 0 Å². The molecule has 2 nitrogen and oxygen atoms in total. The molecule has 0 aromatic heterocycles. The molecule has 0 aliphatic rings. The number of hydrogen-bond acceptors (Lipinski definition) is 3. The first-order valence-corrected chi connectivity index (χ1v) is 13.7. The molecule has 0 aliphatic heterocycles. The minimum absolute atomic E-state index is 0.580. The van der Waals surface area contributed by atoms with Gasteiger partial charge in [0, 0.05) is 5.25 Å². The van der Waals surface area contributed by atoms with E-state index in [0.29, 0.717) is 6.42 Å². The molecule has 26 heavy (non-hydrogen) atoms. The molecule has 0 rings (SSSR count). The number of carboxylic acid groups (broad SMARTS) is 1. The average molecular weight is 491 g/mol. The first-order chi connectivity index (χ1) is 12.6. The molecular weight excluding hydrogens is 447 g/mol. The number of carbonyl (C=O) groups excluding carboxylic acids is 1. The molecular formula is C22H44O2SSn. The Morgan fingerprint density at radius 1 is 0.731 bits per heavy atom. The Hall–Kier alpha value is 0.619. The average Bonchev–Trinajstić information content (AvgIpc) is 2.63. The van der Waals surface area contributed by atoms with Crippen LogP contribution in [0.4, 0.5) is 0 Å². The number of aliphatic carboxylic acids is 1. The van der Waals surface area contributed by atoms with Crippen LogP contribution in [0.2, 0.25) is 4.44 Å². The second-order valence-corrected chi connectivity index (χ2v) is 9.37. The van der Waals surface area contributed by atoms with Crippen LogP contribution in [0.1, 0.15) is 123 Å². The van der Waals surface area contributed by atoms with Crippen LogP contribution in [0.5, 0.6) is 0 Å². The van der Waals surface area contributed by atoms with Crippen LogP contribution in [-0.2, 0) is 4.79 Å². The van der Waals surface area contributed by atoms with Crippen molar-refractivity contribution >= 4 is 41.1 Å². The second-order valence-electron chi connectivity index (χ2n) is 7.32. The first-order valence-electron chi connectivity index (χ1n) is 11.1. The van der Waals surface area contributed by atoms with E-state index in [1.54, 1.807) is 22.5 Å². The maximum absolute atomic E-state index is 10.4. The van der Waals surface area contributed by atoms with E-state index in [1.807, 2.05) is 0 Å². The summed E-state index contributed by atoms with van der Waals surface area (Å²) < 4.78 is 1.46. The summed E-state index contributed by atoms with van der Waals surface area (Å²) in [5.74, 6) is -1.04. The summed E-state index contributed by atoms with van der Waals surface area (Å²) in [6, 6.07) is 0. The number of unbranched alkanes of at least 4 members (excludes halogenated alkanes) is 14. The van der Waals surface area contributed by atoms with Crippen molar-refractivity contribution in [1.82, 2.24) is 0 Å². The van der Waals surface area contributed by atoms with Gasteiger partial charge in [-0.1, -0.05) is 71.1 Å². The molecule has 0 spiro atoms. The second kappa shape index (κ2) is 25.6. The Labute approximate surface area is 183 Å². The monoisotopic (exact) mass is 492 g/mol. The Bertz CT molecular complexity index is 269. The number of thiol groups is 1. The van der Waals surface area contributed by atoms with Gasteiger partial charge in [-0.05, 0) is 6.42 Å². The summed E-state index contributed by atoms with van der Waals surface area (Å²) in [5, 5.41) is 9.82. The van der Waals surface area contributed by atoms with Crippen molar-refractivity contribution in [2.24, 2.45) is 0 Å². The van der Waals surface area contributed by atoms with Crippen molar-refractivity contribution < 1.29 is 9.90 Å². The Morgan fingerprint density at radius 3 is 1.42 bits per heavy atom. The van der Waals surface area contributed by atoms with E-state index in [1.165, 1.54) is 94.3 Å². The summed E-state index contributed by atoms with van der Waals surface area (Å²) in [6.07, 6.45) is 22.0. The van der Waals surface area contributed by atoms with Gasteiger partial charge in [0.15, 0.2) is 0 Å². The van der Waals surface area contributed by atoms with Gasteiger partial charge in [0.05, 0.1) is 5.97 Å². The molecule has 0 saturated carbocycles. The normalized spacial score (nSPS) is 11.7. The molecule has 1 unspecified atom stereocenters. The zero-order valence-electron chi connectivity index (χ0n) is 17.6. The third kappa shape index (κ3) is 26.8. The molecule has 0 heterocycles.